The number of carbonyl (C=O) groups excluding carboxylic acids is 1. The van der Waals surface area contributed by atoms with Crippen molar-refractivity contribution < 1.29 is 9.53 Å². The Hall–Kier alpha value is -2.44. The fourth-order valence-electron chi connectivity index (χ4n) is 1.66. The highest BCUT2D eigenvalue weighted by Gasteiger charge is 2.10. The van der Waals surface area contributed by atoms with Crippen LogP contribution in [-0.4, -0.2) is 32.7 Å². The minimum Gasteiger partial charge on any atom is -0.494 e. The van der Waals surface area contributed by atoms with Gasteiger partial charge in [0, 0.05) is 5.56 Å². The van der Waals surface area contributed by atoms with Gasteiger partial charge in [-0.2, -0.15) is 4.80 Å². The molecule has 0 bridgehead atoms. The Morgan fingerprint density at radius 2 is 2.24 bits per heavy atom. The fraction of sp³-hybridized carbons (Fsp3) is 0.429. The van der Waals surface area contributed by atoms with Crippen molar-refractivity contribution in [1.29, 1.82) is 0 Å². The highest BCUT2D eigenvalue weighted by molar-refractivity contribution is 6.03. The van der Waals surface area contributed by atoms with Crippen LogP contribution in [0.4, 0.5) is 5.95 Å². The second-order valence-electron chi connectivity index (χ2n) is 4.49. The van der Waals surface area contributed by atoms with Crippen LogP contribution < -0.4 is 10.1 Å². The third-order valence-electron chi connectivity index (χ3n) is 2.82. The predicted octanol–water partition coefficient (Wildman–Crippen LogP) is 2.12. The van der Waals surface area contributed by atoms with E-state index in [2.05, 4.69) is 27.7 Å². The first kappa shape index (κ1) is 15.0. The van der Waals surface area contributed by atoms with Crippen LogP contribution in [0.5, 0.6) is 5.75 Å². The summed E-state index contributed by atoms with van der Waals surface area (Å²) in [4.78, 5) is 13.5. The first-order valence-corrected chi connectivity index (χ1v) is 7.05. The molecule has 21 heavy (non-hydrogen) atoms. The van der Waals surface area contributed by atoms with E-state index in [-0.39, 0.29) is 11.9 Å². The summed E-state index contributed by atoms with van der Waals surface area (Å²) >= 11 is 0. The fourth-order valence-corrected chi connectivity index (χ4v) is 1.66. The molecule has 0 radical (unpaired) electrons. The number of benzene rings is 1. The first-order valence-electron chi connectivity index (χ1n) is 7.05. The zero-order valence-corrected chi connectivity index (χ0v) is 12.2. The standard InChI is InChI=1S/C14H19N5O2/c1-3-5-9-21-12-8-6-7-11(10-12)13(20)15-14-16-18-19(4-2)17-14/h6-8,10H,3-5,9H2,1-2H3,(H,15,17,20). The van der Waals surface area contributed by atoms with E-state index in [4.69, 9.17) is 4.74 Å². The van der Waals surface area contributed by atoms with Crippen molar-refractivity contribution in [3.8, 4) is 5.75 Å². The molecule has 1 aromatic carbocycles. The predicted molar refractivity (Wildman–Crippen MR) is 78.3 cm³/mol. The molecule has 0 fully saturated rings. The van der Waals surface area contributed by atoms with E-state index in [1.807, 2.05) is 13.0 Å². The molecular formula is C14H19N5O2. The molecule has 7 heteroatoms. The van der Waals surface area contributed by atoms with Crippen LogP contribution in [-0.2, 0) is 6.54 Å². The number of ether oxygens (including phenoxy) is 1. The number of tetrazole rings is 1. The number of nitrogens with zero attached hydrogens (tertiary/aromatic N) is 4. The van der Waals surface area contributed by atoms with Crippen LogP contribution in [0.2, 0.25) is 0 Å². The molecule has 7 nitrogen and oxygen atoms in total. The zero-order chi connectivity index (χ0) is 15.1. The Kier molecular flexibility index (Phi) is 5.25. The van der Waals surface area contributed by atoms with E-state index in [9.17, 15) is 4.79 Å². The van der Waals surface area contributed by atoms with E-state index < -0.39 is 0 Å². The molecule has 0 aliphatic carbocycles. The van der Waals surface area contributed by atoms with Gasteiger partial charge in [-0.3, -0.25) is 10.1 Å². The largest absolute Gasteiger partial charge is 0.494 e. The molecular weight excluding hydrogens is 270 g/mol. The molecule has 1 N–H and O–H groups in total. The molecule has 0 saturated carbocycles. The van der Waals surface area contributed by atoms with Gasteiger partial charge in [-0.05, 0) is 36.8 Å². The SMILES string of the molecule is CCCCOc1cccc(C(=O)Nc2nnn(CC)n2)c1. The van der Waals surface area contributed by atoms with E-state index >= 15 is 0 Å². The van der Waals surface area contributed by atoms with Gasteiger partial charge in [-0.15, -0.1) is 5.10 Å². The van der Waals surface area contributed by atoms with Crippen molar-refractivity contribution in [2.75, 3.05) is 11.9 Å². The zero-order valence-electron chi connectivity index (χ0n) is 12.2. The number of rotatable bonds is 7. The van der Waals surface area contributed by atoms with Gasteiger partial charge in [0.25, 0.3) is 11.9 Å². The van der Waals surface area contributed by atoms with Crippen LogP contribution >= 0.6 is 0 Å². The van der Waals surface area contributed by atoms with Crippen molar-refractivity contribution in [3.63, 3.8) is 0 Å². The summed E-state index contributed by atoms with van der Waals surface area (Å²) in [5, 5.41) is 14.2. The Labute approximate surface area is 123 Å². The van der Waals surface area contributed by atoms with E-state index in [1.165, 1.54) is 4.80 Å². The van der Waals surface area contributed by atoms with Crippen LogP contribution in [0.15, 0.2) is 24.3 Å². The monoisotopic (exact) mass is 289 g/mol. The maximum absolute atomic E-state index is 12.1. The Morgan fingerprint density at radius 1 is 1.38 bits per heavy atom. The summed E-state index contributed by atoms with van der Waals surface area (Å²) in [6, 6.07) is 7.03. The van der Waals surface area contributed by atoms with Gasteiger partial charge in [0.05, 0.1) is 13.2 Å². The summed E-state index contributed by atoms with van der Waals surface area (Å²) in [6.45, 7) is 5.24. The number of amides is 1. The minimum atomic E-state index is -0.286. The molecule has 0 unspecified atom stereocenters. The van der Waals surface area contributed by atoms with Crippen molar-refractivity contribution >= 4 is 11.9 Å². The Balaban J connectivity index is 1.99. The number of aromatic nitrogens is 4. The van der Waals surface area contributed by atoms with Gasteiger partial charge in [0.1, 0.15) is 5.75 Å². The lowest BCUT2D eigenvalue weighted by Gasteiger charge is -2.07. The Morgan fingerprint density at radius 3 is 2.95 bits per heavy atom. The lowest BCUT2D eigenvalue weighted by molar-refractivity contribution is 0.102. The van der Waals surface area contributed by atoms with Crippen LogP contribution in [0.1, 0.15) is 37.0 Å². The molecule has 0 aliphatic heterocycles. The molecule has 0 spiro atoms. The highest BCUT2D eigenvalue weighted by Crippen LogP contribution is 2.14. The normalized spacial score (nSPS) is 10.4. The minimum absolute atomic E-state index is 0.194. The number of hydrogen-bond donors (Lipinski definition) is 1. The van der Waals surface area contributed by atoms with Gasteiger partial charge in [-0.25, -0.2) is 0 Å². The second kappa shape index (κ2) is 7.37. The van der Waals surface area contributed by atoms with Gasteiger partial charge < -0.3 is 4.74 Å². The summed E-state index contributed by atoms with van der Waals surface area (Å²) in [5.41, 5.74) is 0.497. The quantitative estimate of drug-likeness (QED) is 0.789. The summed E-state index contributed by atoms with van der Waals surface area (Å²) in [6.07, 6.45) is 2.05. The number of unbranched alkanes of at least 4 members (excludes halogenated alkanes) is 1. The first-order chi connectivity index (χ1) is 10.2. The van der Waals surface area contributed by atoms with Crippen LogP contribution in [0.3, 0.4) is 0 Å². The molecule has 0 aliphatic rings. The highest BCUT2D eigenvalue weighted by atomic mass is 16.5. The molecule has 0 atom stereocenters. The number of aryl methyl sites for hydroxylation is 1. The average Bonchev–Trinajstić information content (AvgIpc) is 2.95. The number of carbonyl (C=O) groups is 1. The van der Waals surface area contributed by atoms with Gasteiger partial charge in [0.15, 0.2) is 0 Å². The van der Waals surface area contributed by atoms with Crippen molar-refractivity contribution in [3.05, 3.63) is 29.8 Å². The Bertz CT molecular complexity index is 597. The molecule has 112 valence electrons. The maximum Gasteiger partial charge on any atom is 0.270 e. The van der Waals surface area contributed by atoms with Crippen LogP contribution in [0.25, 0.3) is 0 Å². The number of nitrogens with one attached hydrogen (secondary N) is 1. The molecule has 2 rings (SSSR count). The summed E-state index contributed by atoms with van der Waals surface area (Å²) in [5.74, 6) is 0.590. The van der Waals surface area contributed by atoms with E-state index in [1.54, 1.807) is 18.2 Å². The maximum atomic E-state index is 12.1. The van der Waals surface area contributed by atoms with Crippen LogP contribution in [0, 0.1) is 0 Å². The third kappa shape index (κ3) is 4.27. The molecule has 1 amide bonds. The van der Waals surface area contributed by atoms with E-state index in [0.717, 1.165) is 12.8 Å². The van der Waals surface area contributed by atoms with Crippen molar-refractivity contribution in [1.82, 2.24) is 20.2 Å². The molecule has 2 aromatic rings. The number of anilines is 1. The average molecular weight is 289 g/mol. The topological polar surface area (TPSA) is 81.9 Å². The molecule has 1 aromatic heterocycles. The second-order valence-corrected chi connectivity index (χ2v) is 4.49. The summed E-state index contributed by atoms with van der Waals surface area (Å²) < 4.78 is 5.58. The van der Waals surface area contributed by atoms with Gasteiger partial charge in [0.2, 0.25) is 0 Å². The molecule has 1 heterocycles. The lowest BCUT2D eigenvalue weighted by atomic mass is 10.2. The summed E-state index contributed by atoms with van der Waals surface area (Å²) in [7, 11) is 0. The van der Waals surface area contributed by atoms with Crippen molar-refractivity contribution in [2.24, 2.45) is 0 Å². The van der Waals surface area contributed by atoms with Crippen molar-refractivity contribution in [2.45, 2.75) is 33.2 Å². The van der Waals surface area contributed by atoms with E-state index in [0.29, 0.717) is 24.5 Å². The third-order valence-corrected chi connectivity index (χ3v) is 2.82. The smallest absolute Gasteiger partial charge is 0.270 e. The number of hydrogen-bond acceptors (Lipinski definition) is 5. The van der Waals surface area contributed by atoms with Gasteiger partial charge in [-0.1, -0.05) is 24.5 Å². The van der Waals surface area contributed by atoms with Gasteiger partial charge >= 0.3 is 0 Å². The lowest BCUT2D eigenvalue weighted by Crippen LogP contribution is -2.13. The molecule has 0 saturated heterocycles.